The first-order chi connectivity index (χ1) is 7.76. The van der Waals surface area contributed by atoms with Crippen molar-refractivity contribution in [3.8, 4) is 11.9 Å². The lowest BCUT2D eigenvalue weighted by atomic mass is 10.4. The normalized spacial score (nSPS) is 10.2. The van der Waals surface area contributed by atoms with E-state index in [4.69, 9.17) is 9.47 Å². The fourth-order valence-electron chi connectivity index (χ4n) is 1.20. The largest absolute Gasteiger partial charge is 0.481 e. The molecule has 0 atom stereocenters. The lowest BCUT2D eigenvalue weighted by Crippen LogP contribution is -2.22. The highest BCUT2D eigenvalue weighted by Gasteiger charge is 2.02. The van der Waals surface area contributed by atoms with Crippen molar-refractivity contribution in [1.82, 2.24) is 15.3 Å². The molecule has 0 aliphatic heterocycles. The Hall–Kier alpha value is -1.36. The number of nitrogens with zero attached hydrogens (tertiary/aromatic N) is 2. The monoisotopic (exact) mass is 225 g/mol. The average Bonchev–Trinajstić information content (AvgIpc) is 2.28. The minimum absolute atomic E-state index is 0.371. The van der Waals surface area contributed by atoms with Gasteiger partial charge in [0.15, 0.2) is 0 Å². The van der Waals surface area contributed by atoms with Crippen LogP contribution in [0.1, 0.15) is 19.0 Å². The zero-order valence-electron chi connectivity index (χ0n) is 10.1. The second kappa shape index (κ2) is 7.00. The van der Waals surface area contributed by atoms with Gasteiger partial charge in [-0.2, -0.15) is 4.98 Å². The quantitative estimate of drug-likeness (QED) is 0.706. The molecule has 0 aromatic carbocycles. The molecule has 0 spiro atoms. The Morgan fingerprint density at radius 2 is 2.12 bits per heavy atom. The molecule has 1 rings (SSSR count). The standard InChI is InChI=1S/C11H19N3O2/c1-4-5-12-6-7-16-11-13-9(2)8-10(14-11)15-3/h8,12H,4-7H2,1-3H3. The molecule has 1 aromatic rings. The molecule has 1 N–H and O–H groups in total. The van der Waals surface area contributed by atoms with Crippen LogP contribution >= 0.6 is 0 Å². The van der Waals surface area contributed by atoms with E-state index in [0.717, 1.165) is 25.2 Å². The van der Waals surface area contributed by atoms with Crippen LogP contribution in [0.5, 0.6) is 11.9 Å². The van der Waals surface area contributed by atoms with Gasteiger partial charge in [-0.15, -0.1) is 0 Å². The number of hydrogen-bond donors (Lipinski definition) is 1. The van der Waals surface area contributed by atoms with Crippen LogP contribution in [0.15, 0.2) is 6.07 Å². The van der Waals surface area contributed by atoms with Crippen molar-refractivity contribution in [3.05, 3.63) is 11.8 Å². The molecule has 0 fully saturated rings. The van der Waals surface area contributed by atoms with Crippen LogP contribution < -0.4 is 14.8 Å². The van der Waals surface area contributed by atoms with Gasteiger partial charge in [0.05, 0.1) is 7.11 Å². The van der Waals surface area contributed by atoms with Crippen molar-refractivity contribution in [2.75, 3.05) is 26.8 Å². The molecule has 0 amide bonds. The molecule has 0 unspecified atom stereocenters. The van der Waals surface area contributed by atoms with Crippen LogP contribution in [0.3, 0.4) is 0 Å². The number of aromatic nitrogens is 2. The Morgan fingerprint density at radius 1 is 1.31 bits per heavy atom. The summed E-state index contributed by atoms with van der Waals surface area (Å²) >= 11 is 0. The summed E-state index contributed by atoms with van der Waals surface area (Å²) in [5.41, 5.74) is 0.836. The van der Waals surface area contributed by atoms with Gasteiger partial charge in [0, 0.05) is 18.3 Å². The summed E-state index contributed by atoms with van der Waals surface area (Å²) in [4.78, 5) is 8.25. The van der Waals surface area contributed by atoms with Crippen molar-refractivity contribution in [1.29, 1.82) is 0 Å². The molecule has 0 bridgehead atoms. The van der Waals surface area contributed by atoms with Gasteiger partial charge in [-0.3, -0.25) is 0 Å². The first-order valence-corrected chi connectivity index (χ1v) is 5.49. The number of rotatable bonds is 7. The molecular weight excluding hydrogens is 206 g/mol. The molecular formula is C11H19N3O2. The molecule has 1 aromatic heterocycles. The molecule has 5 nitrogen and oxygen atoms in total. The van der Waals surface area contributed by atoms with Gasteiger partial charge in [0.1, 0.15) is 6.61 Å². The minimum atomic E-state index is 0.371. The van der Waals surface area contributed by atoms with Crippen molar-refractivity contribution >= 4 is 0 Å². The molecule has 0 saturated heterocycles. The minimum Gasteiger partial charge on any atom is -0.481 e. The Bertz CT molecular complexity index is 318. The highest BCUT2D eigenvalue weighted by Crippen LogP contribution is 2.12. The van der Waals surface area contributed by atoms with Gasteiger partial charge >= 0.3 is 6.01 Å². The second-order valence-corrected chi connectivity index (χ2v) is 3.43. The van der Waals surface area contributed by atoms with Crippen LogP contribution in [-0.2, 0) is 0 Å². The summed E-state index contributed by atoms with van der Waals surface area (Å²) in [6.07, 6.45) is 1.12. The smallest absolute Gasteiger partial charge is 0.319 e. The van der Waals surface area contributed by atoms with Crippen LogP contribution in [0, 0.1) is 6.92 Å². The molecule has 0 aliphatic carbocycles. The van der Waals surface area contributed by atoms with E-state index in [1.54, 1.807) is 13.2 Å². The van der Waals surface area contributed by atoms with E-state index in [2.05, 4.69) is 22.2 Å². The van der Waals surface area contributed by atoms with Gasteiger partial charge in [0.2, 0.25) is 5.88 Å². The molecule has 16 heavy (non-hydrogen) atoms. The molecule has 90 valence electrons. The lowest BCUT2D eigenvalue weighted by Gasteiger charge is -2.07. The summed E-state index contributed by atoms with van der Waals surface area (Å²) in [5.74, 6) is 0.531. The van der Waals surface area contributed by atoms with Crippen molar-refractivity contribution in [2.24, 2.45) is 0 Å². The number of hydrogen-bond acceptors (Lipinski definition) is 5. The number of methoxy groups -OCH3 is 1. The number of aryl methyl sites for hydroxylation is 1. The van der Waals surface area contributed by atoms with Gasteiger partial charge in [0.25, 0.3) is 0 Å². The maximum atomic E-state index is 5.41. The first-order valence-electron chi connectivity index (χ1n) is 5.49. The lowest BCUT2D eigenvalue weighted by molar-refractivity contribution is 0.282. The van der Waals surface area contributed by atoms with E-state index < -0.39 is 0 Å². The Labute approximate surface area is 96.2 Å². The predicted molar refractivity (Wildman–Crippen MR) is 62.0 cm³/mol. The van der Waals surface area contributed by atoms with Crippen molar-refractivity contribution < 1.29 is 9.47 Å². The molecule has 1 heterocycles. The summed E-state index contributed by atoms with van der Waals surface area (Å²) in [5, 5.41) is 3.24. The van der Waals surface area contributed by atoms with E-state index in [1.807, 2.05) is 6.92 Å². The highest BCUT2D eigenvalue weighted by molar-refractivity contribution is 5.17. The summed E-state index contributed by atoms with van der Waals surface area (Å²) in [7, 11) is 1.58. The van der Waals surface area contributed by atoms with Gasteiger partial charge in [-0.25, -0.2) is 4.98 Å². The van der Waals surface area contributed by atoms with E-state index in [1.165, 1.54) is 0 Å². The fourth-order valence-corrected chi connectivity index (χ4v) is 1.20. The maximum absolute atomic E-state index is 5.41. The third kappa shape index (κ3) is 4.44. The predicted octanol–water partition coefficient (Wildman–Crippen LogP) is 1.17. The summed E-state index contributed by atoms with van der Waals surface area (Å²) in [6, 6.07) is 2.14. The Morgan fingerprint density at radius 3 is 2.81 bits per heavy atom. The van der Waals surface area contributed by atoms with E-state index >= 15 is 0 Å². The number of ether oxygens (including phenoxy) is 2. The van der Waals surface area contributed by atoms with E-state index in [-0.39, 0.29) is 0 Å². The van der Waals surface area contributed by atoms with E-state index in [0.29, 0.717) is 18.5 Å². The number of nitrogens with one attached hydrogen (secondary N) is 1. The zero-order chi connectivity index (χ0) is 11.8. The van der Waals surface area contributed by atoms with Crippen molar-refractivity contribution in [2.45, 2.75) is 20.3 Å². The van der Waals surface area contributed by atoms with Crippen LogP contribution in [0.4, 0.5) is 0 Å². The van der Waals surface area contributed by atoms with Crippen LogP contribution in [0.25, 0.3) is 0 Å². The average molecular weight is 225 g/mol. The topological polar surface area (TPSA) is 56.3 Å². The Balaban J connectivity index is 2.38. The molecule has 0 aliphatic rings. The zero-order valence-corrected chi connectivity index (χ0v) is 10.1. The van der Waals surface area contributed by atoms with Crippen LogP contribution in [-0.4, -0.2) is 36.8 Å². The van der Waals surface area contributed by atoms with Gasteiger partial charge in [-0.1, -0.05) is 6.92 Å². The van der Waals surface area contributed by atoms with E-state index in [9.17, 15) is 0 Å². The van der Waals surface area contributed by atoms with Crippen LogP contribution in [0.2, 0.25) is 0 Å². The second-order valence-electron chi connectivity index (χ2n) is 3.43. The third-order valence-electron chi connectivity index (χ3n) is 1.96. The summed E-state index contributed by atoms with van der Waals surface area (Å²) in [6.45, 7) is 6.37. The van der Waals surface area contributed by atoms with Crippen molar-refractivity contribution in [3.63, 3.8) is 0 Å². The molecule has 5 heteroatoms. The SMILES string of the molecule is CCCNCCOc1nc(C)cc(OC)n1. The summed E-state index contributed by atoms with van der Waals surface area (Å²) < 4.78 is 10.4. The fraction of sp³-hybridized carbons (Fsp3) is 0.636. The van der Waals surface area contributed by atoms with Gasteiger partial charge < -0.3 is 14.8 Å². The molecule has 0 radical (unpaired) electrons. The van der Waals surface area contributed by atoms with Gasteiger partial charge in [-0.05, 0) is 19.9 Å². The Kier molecular flexibility index (Phi) is 5.56. The third-order valence-corrected chi connectivity index (χ3v) is 1.96. The first kappa shape index (κ1) is 12.7. The highest BCUT2D eigenvalue weighted by atomic mass is 16.5. The maximum Gasteiger partial charge on any atom is 0.319 e. The molecule has 0 saturated carbocycles.